The van der Waals surface area contributed by atoms with Gasteiger partial charge in [0.2, 0.25) is 0 Å². The summed E-state index contributed by atoms with van der Waals surface area (Å²) in [5.41, 5.74) is 0.339. The number of nitrogens with one attached hydrogen (secondary N) is 1. The van der Waals surface area contributed by atoms with Gasteiger partial charge in [-0.05, 0) is 11.6 Å². The molecule has 0 aliphatic heterocycles. The molecule has 0 saturated heterocycles. The Kier molecular flexibility index (Phi) is 4.91. The lowest BCUT2D eigenvalue weighted by atomic mass is 10.0. The number of benzene rings is 1. The molecule has 0 aliphatic rings. The molecule has 1 rings (SSSR count). The minimum absolute atomic E-state index is 0.0760. The van der Waals surface area contributed by atoms with Crippen LogP contribution in [0.2, 0.25) is 0 Å². The molecule has 0 spiro atoms. The molecule has 1 aromatic rings. The molecule has 19 heavy (non-hydrogen) atoms. The second-order valence-corrected chi connectivity index (χ2v) is 3.85. The van der Waals surface area contributed by atoms with E-state index >= 15 is 0 Å². The number of carbonyl (C=O) groups is 2. The smallest absolute Gasteiger partial charge is 0.390 e. The van der Waals surface area contributed by atoms with E-state index in [4.69, 9.17) is 5.11 Å². The Morgan fingerprint density at radius 1 is 1.21 bits per heavy atom. The van der Waals surface area contributed by atoms with Crippen LogP contribution < -0.4 is 5.32 Å². The molecule has 0 aromatic heterocycles. The normalized spacial score (nSPS) is 11.1. The van der Waals surface area contributed by atoms with Crippen LogP contribution >= 0.6 is 0 Å². The molecule has 0 unspecified atom stereocenters. The summed E-state index contributed by atoms with van der Waals surface area (Å²) in [5.74, 6) is -1.82. The van der Waals surface area contributed by atoms with Gasteiger partial charge in [0, 0.05) is 12.1 Å². The molecule has 0 fully saturated rings. The third-order valence-corrected chi connectivity index (χ3v) is 2.30. The number of hydrogen-bond donors (Lipinski definition) is 2. The highest BCUT2D eigenvalue weighted by molar-refractivity contribution is 5.96. The van der Waals surface area contributed by atoms with Crippen LogP contribution in [0.3, 0.4) is 0 Å². The lowest BCUT2D eigenvalue weighted by Crippen LogP contribution is -2.28. The third kappa shape index (κ3) is 5.41. The highest BCUT2D eigenvalue weighted by Gasteiger charge is 2.26. The fourth-order valence-corrected chi connectivity index (χ4v) is 1.47. The summed E-state index contributed by atoms with van der Waals surface area (Å²) in [4.78, 5) is 22.3. The molecule has 1 aromatic carbocycles. The van der Waals surface area contributed by atoms with Crippen molar-refractivity contribution in [1.29, 1.82) is 0 Å². The standard InChI is InChI=1S/C12H12F3NO3/c13-12(14,15)5-6-16-11(19)9-4-2-1-3-8(9)7-10(17)18/h1-4H,5-7H2,(H,16,19)(H,17,18). The number of amides is 1. The van der Waals surface area contributed by atoms with Gasteiger partial charge in [-0.3, -0.25) is 9.59 Å². The Morgan fingerprint density at radius 3 is 2.42 bits per heavy atom. The van der Waals surface area contributed by atoms with Crippen LogP contribution in [0.5, 0.6) is 0 Å². The first kappa shape index (κ1) is 15.0. The molecule has 1 amide bonds. The predicted octanol–water partition coefficient (Wildman–Crippen LogP) is 2.00. The van der Waals surface area contributed by atoms with Crippen molar-refractivity contribution < 1.29 is 27.9 Å². The van der Waals surface area contributed by atoms with E-state index < -0.39 is 31.0 Å². The molecule has 0 saturated carbocycles. The van der Waals surface area contributed by atoms with Crippen LogP contribution in [0.1, 0.15) is 22.3 Å². The first-order valence-electron chi connectivity index (χ1n) is 5.44. The van der Waals surface area contributed by atoms with Gasteiger partial charge in [-0.1, -0.05) is 18.2 Å². The van der Waals surface area contributed by atoms with Gasteiger partial charge in [-0.25, -0.2) is 0 Å². The highest BCUT2D eigenvalue weighted by atomic mass is 19.4. The lowest BCUT2D eigenvalue weighted by molar-refractivity contribution is -0.136. The van der Waals surface area contributed by atoms with Gasteiger partial charge >= 0.3 is 12.1 Å². The number of alkyl halides is 3. The van der Waals surface area contributed by atoms with Gasteiger partial charge < -0.3 is 10.4 Å². The Bertz CT molecular complexity index is 472. The fraction of sp³-hybridized carbons (Fsp3) is 0.333. The minimum atomic E-state index is -4.34. The van der Waals surface area contributed by atoms with E-state index in [-0.39, 0.29) is 17.5 Å². The topological polar surface area (TPSA) is 66.4 Å². The van der Waals surface area contributed by atoms with Crippen molar-refractivity contribution in [2.24, 2.45) is 0 Å². The summed E-state index contributed by atoms with van der Waals surface area (Å²) in [5, 5.41) is 10.8. The third-order valence-electron chi connectivity index (χ3n) is 2.30. The van der Waals surface area contributed by atoms with E-state index in [9.17, 15) is 22.8 Å². The minimum Gasteiger partial charge on any atom is -0.481 e. The number of carbonyl (C=O) groups excluding carboxylic acids is 1. The monoisotopic (exact) mass is 275 g/mol. The molecule has 0 heterocycles. The molecular formula is C12H12F3NO3. The summed E-state index contributed by atoms with van der Waals surface area (Å²) >= 11 is 0. The van der Waals surface area contributed by atoms with Crippen molar-refractivity contribution in [1.82, 2.24) is 5.32 Å². The van der Waals surface area contributed by atoms with Crippen LogP contribution in [0.25, 0.3) is 0 Å². The molecule has 0 atom stereocenters. The van der Waals surface area contributed by atoms with E-state index in [0.29, 0.717) is 0 Å². The summed E-state index contributed by atoms with van der Waals surface area (Å²) in [7, 11) is 0. The second-order valence-electron chi connectivity index (χ2n) is 3.85. The molecule has 2 N–H and O–H groups in total. The van der Waals surface area contributed by atoms with Crippen LogP contribution in [0.4, 0.5) is 13.2 Å². The molecule has 0 bridgehead atoms. The number of aliphatic carboxylic acids is 1. The van der Waals surface area contributed by atoms with Gasteiger partial charge in [0.25, 0.3) is 5.91 Å². The summed E-state index contributed by atoms with van der Waals surface area (Å²) in [6.07, 6.45) is -5.82. The zero-order chi connectivity index (χ0) is 14.5. The fourth-order valence-electron chi connectivity index (χ4n) is 1.47. The lowest BCUT2D eigenvalue weighted by Gasteiger charge is -2.10. The van der Waals surface area contributed by atoms with Crippen molar-refractivity contribution in [3.05, 3.63) is 35.4 Å². The predicted molar refractivity (Wildman–Crippen MR) is 60.8 cm³/mol. The molecule has 104 valence electrons. The Labute approximate surface area is 107 Å². The van der Waals surface area contributed by atoms with Gasteiger partial charge in [0.05, 0.1) is 12.8 Å². The first-order chi connectivity index (χ1) is 8.79. The number of carboxylic acids is 1. The second kappa shape index (κ2) is 6.21. The van der Waals surface area contributed by atoms with Gasteiger partial charge in [-0.15, -0.1) is 0 Å². The number of rotatable bonds is 5. The number of hydrogen-bond acceptors (Lipinski definition) is 2. The van der Waals surface area contributed by atoms with E-state index in [2.05, 4.69) is 5.32 Å². The zero-order valence-electron chi connectivity index (χ0n) is 9.83. The van der Waals surface area contributed by atoms with Crippen LogP contribution in [0.15, 0.2) is 24.3 Å². The van der Waals surface area contributed by atoms with Crippen molar-refractivity contribution in [2.75, 3.05) is 6.54 Å². The maximum Gasteiger partial charge on any atom is 0.390 e. The SMILES string of the molecule is O=C(O)Cc1ccccc1C(=O)NCCC(F)(F)F. The average molecular weight is 275 g/mol. The Hall–Kier alpha value is -2.05. The molecule has 0 aliphatic carbocycles. The highest BCUT2D eigenvalue weighted by Crippen LogP contribution is 2.18. The van der Waals surface area contributed by atoms with E-state index in [0.717, 1.165) is 0 Å². The van der Waals surface area contributed by atoms with Crippen LogP contribution in [0, 0.1) is 0 Å². The largest absolute Gasteiger partial charge is 0.481 e. The Balaban J connectivity index is 2.69. The molecule has 4 nitrogen and oxygen atoms in total. The van der Waals surface area contributed by atoms with E-state index in [1.165, 1.54) is 18.2 Å². The van der Waals surface area contributed by atoms with Gasteiger partial charge in [0.15, 0.2) is 0 Å². The molecule has 7 heteroatoms. The van der Waals surface area contributed by atoms with E-state index in [1.807, 2.05) is 0 Å². The van der Waals surface area contributed by atoms with Crippen LogP contribution in [-0.2, 0) is 11.2 Å². The van der Waals surface area contributed by atoms with Crippen molar-refractivity contribution in [3.8, 4) is 0 Å². The summed E-state index contributed by atoms with van der Waals surface area (Å²) < 4.78 is 35.8. The summed E-state index contributed by atoms with van der Waals surface area (Å²) in [6, 6.07) is 5.91. The Morgan fingerprint density at radius 2 is 1.84 bits per heavy atom. The van der Waals surface area contributed by atoms with Crippen molar-refractivity contribution in [3.63, 3.8) is 0 Å². The first-order valence-corrected chi connectivity index (χ1v) is 5.44. The van der Waals surface area contributed by atoms with Crippen molar-refractivity contribution >= 4 is 11.9 Å². The van der Waals surface area contributed by atoms with E-state index in [1.54, 1.807) is 6.07 Å². The molecular weight excluding hydrogens is 263 g/mol. The zero-order valence-corrected chi connectivity index (χ0v) is 9.83. The maximum atomic E-state index is 11.9. The number of halogens is 3. The summed E-state index contributed by atoms with van der Waals surface area (Å²) in [6.45, 7) is -0.538. The maximum absolute atomic E-state index is 11.9. The quantitative estimate of drug-likeness (QED) is 0.863. The average Bonchev–Trinajstić information content (AvgIpc) is 2.27. The molecule has 0 radical (unpaired) electrons. The van der Waals surface area contributed by atoms with Gasteiger partial charge in [0.1, 0.15) is 0 Å². The van der Waals surface area contributed by atoms with Crippen molar-refractivity contribution in [2.45, 2.75) is 19.0 Å². The number of carboxylic acid groups (broad SMARTS) is 1. The van der Waals surface area contributed by atoms with Crippen LogP contribution in [-0.4, -0.2) is 29.7 Å². The van der Waals surface area contributed by atoms with Gasteiger partial charge in [-0.2, -0.15) is 13.2 Å².